The van der Waals surface area contributed by atoms with Crippen molar-refractivity contribution in [1.29, 1.82) is 0 Å². The number of hydrogen-bond acceptors (Lipinski definition) is 5. The molecule has 94 valence electrons. The molecule has 1 atom stereocenters. The van der Waals surface area contributed by atoms with Crippen LogP contribution in [0.25, 0.3) is 0 Å². The lowest BCUT2D eigenvalue weighted by atomic mass is 10.2. The van der Waals surface area contributed by atoms with E-state index in [0.717, 1.165) is 23.9 Å². The van der Waals surface area contributed by atoms with Crippen molar-refractivity contribution in [2.75, 3.05) is 31.1 Å². The molecule has 6 heteroatoms. The summed E-state index contributed by atoms with van der Waals surface area (Å²) in [6, 6.07) is -0.144. The summed E-state index contributed by atoms with van der Waals surface area (Å²) in [4.78, 5) is 18.5. The van der Waals surface area contributed by atoms with Crippen LogP contribution >= 0.6 is 11.3 Å². The molecule has 1 aliphatic heterocycles. The zero-order valence-corrected chi connectivity index (χ0v) is 11.0. The fraction of sp³-hybridized carbons (Fsp3) is 0.636. The highest BCUT2D eigenvalue weighted by Crippen LogP contribution is 2.23. The Kier molecular flexibility index (Phi) is 3.96. The van der Waals surface area contributed by atoms with E-state index in [4.69, 9.17) is 0 Å². The van der Waals surface area contributed by atoms with Crippen LogP contribution in [0, 0.1) is 6.92 Å². The van der Waals surface area contributed by atoms with Gasteiger partial charge < -0.3 is 15.5 Å². The van der Waals surface area contributed by atoms with E-state index in [1.807, 2.05) is 19.2 Å². The summed E-state index contributed by atoms with van der Waals surface area (Å²) >= 11 is 1.60. The van der Waals surface area contributed by atoms with Crippen molar-refractivity contribution in [3.8, 4) is 0 Å². The highest BCUT2D eigenvalue weighted by molar-refractivity contribution is 7.13. The second-order valence-corrected chi connectivity index (χ2v) is 4.92. The van der Waals surface area contributed by atoms with E-state index in [9.17, 15) is 4.79 Å². The third kappa shape index (κ3) is 2.76. The summed E-state index contributed by atoms with van der Waals surface area (Å²) < 4.78 is 0. The van der Waals surface area contributed by atoms with E-state index in [-0.39, 0.29) is 11.9 Å². The molecular formula is C11H18N4OS. The SMILES string of the molecule is CCNC(=O)C1CNCCN1c1nc(C)cs1. The van der Waals surface area contributed by atoms with Gasteiger partial charge >= 0.3 is 0 Å². The number of hydrogen-bond donors (Lipinski definition) is 2. The second-order valence-electron chi connectivity index (χ2n) is 4.08. The summed E-state index contributed by atoms with van der Waals surface area (Å²) in [5, 5.41) is 9.10. The minimum absolute atomic E-state index is 0.0764. The molecule has 1 aromatic heterocycles. The topological polar surface area (TPSA) is 57.3 Å². The lowest BCUT2D eigenvalue weighted by Crippen LogP contribution is -2.58. The summed E-state index contributed by atoms with van der Waals surface area (Å²) in [5.74, 6) is 0.0764. The van der Waals surface area contributed by atoms with Gasteiger partial charge in [0.1, 0.15) is 6.04 Å². The highest BCUT2D eigenvalue weighted by atomic mass is 32.1. The minimum Gasteiger partial charge on any atom is -0.355 e. The average Bonchev–Trinajstić information content (AvgIpc) is 2.76. The van der Waals surface area contributed by atoms with E-state index in [1.165, 1.54) is 0 Å². The van der Waals surface area contributed by atoms with E-state index in [1.54, 1.807) is 11.3 Å². The van der Waals surface area contributed by atoms with Gasteiger partial charge in [0, 0.05) is 31.6 Å². The Labute approximate surface area is 105 Å². The first-order valence-corrected chi connectivity index (χ1v) is 6.77. The largest absolute Gasteiger partial charge is 0.355 e. The van der Waals surface area contributed by atoms with Gasteiger partial charge in [0.25, 0.3) is 0 Å². The average molecular weight is 254 g/mol. The van der Waals surface area contributed by atoms with Gasteiger partial charge in [0.15, 0.2) is 5.13 Å². The number of piperazine rings is 1. The first kappa shape index (κ1) is 12.3. The van der Waals surface area contributed by atoms with Gasteiger partial charge in [0.05, 0.1) is 5.69 Å². The normalized spacial score (nSPS) is 20.4. The number of carbonyl (C=O) groups is 1. The first-order valence-electron chi connectivity index (χ1n) is 5.89. The molecule has 0 radical (unpaired) electrons. The quantitative estimate of drug-likeness (QED) is 0.818. The number of thiazole rings is 1. The van der Waals surface area contributed by atoms with Gasteiger partial charge in [-0.3, -0.25) is 4.79 Å². The predicted octanol–water partition coefficient (Wildman–Crippen LogP) is 0.366. The molecule has 1 aromatic rings. The number of amides is 1. The van der Waals surface area contributed by atoms with Gasteiger partial charge in [-0.1, -0.05) is 0 Å². The van der Waals surface area contributed by atoms with Gasteiger partial charge in [-0.25, -0.2) is 4.98 Å². The van der Waals surface area contributed by atoms with Crippen LogP contribution in [0.3, 0.4) is 0 Å². The lowest BCUT2D eigenvalue weighted by Gasteiger charge is -2.34. The molecule has 5 nitrogen and oxygen atoms in total. The van der Waals surface area contributed by atoms with E-state index >= 15 is 0 Å². The predicted molar refractivity (Wildman–Crippen MR) is 69.5 cm³/mol. The van der Waals surface area contributed by atoms with Crippen molar-refractivity contribution in [2.45, 2.75) is 19.9 Å². The van der Waals surface area contributed by atoms with Crippen LogP contribution in [-0.4, -0.2) is 43.1 Å². The highest BCUT2D eigenvalue weighted by Gasteiger charge is 2.29. The van der Waals surface area contributed by atoms with Crippen molar-refractivity contribution in [3.63, 3.8) is 0 Å². The zero-order chi connectivity index (χ0) is 12.3. The summed E-state index contributed by atoms with van der Waals surface area (Å²) in [7, 11) is 0. The standard InChI is InChI=1S/C11H18N4OS/c1-3-13-10(16)9-6-12-4-5-15(9)11-14-8(2)7-17-11/h7,9,12H,3-6H2,1-2H3,(H,13,16). The van der Waals surface area contributed by atoms with Gasteiger partial charge in [0.2, 0.25) is 5.91 Å². The van der Waals surface area contributed by atoms with Crippen LogP contribution in [0.2, 0.25) is 0 Å². The van der Waals surface area contributed by atoms with Crippen LogP contribution in [0.4, 0.5) is 5.13 Å². The Morgan fingerprint density at radius 1 is 1.76 bits per heavy atom. The molecule has 1 fully saturated rings. The van der Waals surface area contributed by atoms with Gasteiger partial charge in [-0.05, 0) is 13.8 Å². The van der Waals surface area contributed by atoms with Crippen LogP contribution in [-0.2, 0) is 4.79 Å². The van der Waals surface area contributed by atoms with Crippen LogP contribution in [0.5, 0.6) is 0 Å². The Morgan fingerprint density at radius 2 is 2.59 bits per heavy atom. The number of rotatable bonds is 3. The minimum atomic E-state index is -0.144. The number of carbonyl (C=O) groups excluding carboxylic acids is 1. The van der Waals surface area contributed by atoms with Crippen LogP contribution < -0.4 is 15.5 Å². The summed E-state index contributed by atoms with van der Waals surface area (Å²) in [6.07, 6.45) is 0. The fourth-order valence-electron chi connectivity index (χ4n) is 1.93. The molecule has 1 saturated heterocycles. The summed E-state index contributed by atoms with van der Waals surface area (Å²) in [5.41, 5.74) is 1.01. The van der Waals surface area contributed by atoms with E-state index in [2.05, 4.69) is 20.5 Å². The molecule has 17 heavy (non-hydrogen) atoms. The molecular weight excluding hydrogens is 236 g/mol. The molecule has 2 heterocycles. The smallest absolute Gasteiger partial charge is 0.244 e. The van der Waals surface area contributed by atoms with E-state index < -0.39 is 0 Å². The number of aromatic nitrogens is 1. The maximum Gasteiger partial charge on any atom is 0.244 e. The molecule has 2 N–H and O–H groups in total. The molecule has 0 bridgehead atoms. The number of likely N-dealkylation sites (N-methyl/N-ethyl adjacent to an activating group) is 1. The van der Waals surface area contributed by atoms with Crippen molar-refractivity contribution in [1.82, 2.24) is 15.6 Å². The summed E-state index contributed by atoms with van der Waals surface area (Å²) in [6.45, 7) is 6.99. The fourth-order valence-corrected chi connectivity index (χ4v) is 2.81. The van der Waals surface area contributed by atoms with Crippen molar-refractivity contribution < 1.29 is 4.79 Å². The van der Waals surface area contributed by atoms with Crippen LogP contribution in [0.15, 0.2) is 5.38 Å². The first-order chi connectivity index (χ1) is 8.22. The molecule has 0 spiro atoms. The molecule has 1 aliphatic rings. The van der Waals surface area contributed by atoms with Crippen molar-refractivity contribution in [2.24, 2.45) is 0 Å². The zero-order valence-electron chi connectivity index (χ0n) is 10.2. The molecule has 0 aromatic carbocycles. The lowest BCUT2D eigenvalue weighted by molar-refractivity contribution is -0.122. The Bertz CT molecular complexity index is 393. The Balaban J connectivity index is 2.14. The second kappa shape index (κ2) is 5.46. The number of nitrogens with one attached hydrogen (secondary N) is 2. The van der Waals surface area contributed by atoms with E-state index in [0.29, 0.717) is 13.1 Å². The third-order valence-electron chi connectivity index (χ3n) is 2.75. The van der Waals surface area contributed by atoms with Crippen molar-refractivity contribution >= 4 is 22.4 Å². The number of aryl methyl sites for hydroxylation is 1. The molecule has 0 aliphatic carbocycles. The maximum absolute atomic E-state index is 12.0. The molecule has 0 saturated carbocycles. The Hall–Kier alpha value is -1.14. The van der Waals surface area contributed by atoms with Crippen LogP contribution in [0.1, 0.15) is 12.6 Å². The molecule has 1 amide bonds. The van der Waals surface area contributed by atoms with Gasteiger partial charge in [-0.2, -0.15) is 0 Å². The number of anilines is 1. The third-order valence-corrected chi connectivity index (χ3v) is 3.75. The molecule has 2 rings (SSSR count). The Morgan fingerprint density at radius 3 is 3.24 bits per heavy atom. The maximum atomic E-state index is 12.0. The van der Waals surface area contributed by atoms with Crippen molar-refractivity contribution in [3.05, 3.63) is 11.1 Å². The number of nitrogens with zero attached hydrogens (tertiary/aromatic N) is 2. The van der Waals surface area contributed by atoms with Gasteiger partial charge in [-0.15, -0.1) is 11.3 Å². The monoisotopic (exact) mass is 254 g/mol. The molecule has 1 unspecified atom stereocenters.